The fraction of sp³-hybridized carbons (Fsp3) is 0.118. The number of hydrogen-bond acceptors (Lipinski definition) is 6. The predicted molar refractivity (Wildman–Crippen MR) is 102 cm³/mol. The Bertz CT molecular complexity index is 1020. The quantitative estimate of drug-likeness (QED) is 0.676. The first-order valence-corrected chi connectivity index (χ1v) is 10.4. The normalized spacial score (nSPS) is 11.1. The Morgan fingerprint density at radius 2 is 1.65 bits per heavy atom. The maximum atomic E-state index is 12.6. The van der Waals surface area contributed by atoms with Crippen LogP contribution in [0.2, 0.25) is 0 Å². The van der Waals surface area contributed by atoms with Crippen LogP contribution in [0.5, 0.6) is 0 Å². The summed E-state index contributed by atoms with van der Waals surface area (Å²) in [5.74, 6) is -0.321. The monoisotopic (exact) mass is 388 g/mol. The van der Waals surface area contributed by atoms with Gasteiger partial charge in [0.25, 0.3) is 5.91 Å². The number of amides is 1. The Morgan fingerprint density at radius 3 is 2.38 bits per heavy atom. The summed E-state index contributed by atoms with van der Waals surface area (Å²) in [5.41, 5.74) is 2.52. The summed E-state index contributed by atoms with van der Waals surface area (Å²) >= 11 is 0.948. The largest absolute Gasteiger partial charge is 0.296 e. The van der Waals surface area contributed by atoms with E-state index in [1.807, 2.05) is 42.5 Å². The molecule has 0 atom stereocenters. The van der Waals surface area contributed by atoms with Crippen molar-refractivity contribution in [3.63, 3.8) is 0 Å². The van der Waals surface area contributed by atoms with E-state index >= 15 is 0 Å². The summed E-state index contributed by atoms with van der Waals surface area (Å²) in [5, 5.41) is 10.5. The Kier molecular flexibility index (Phi) is 5.29. The number of aromatic nitrogens is 2. The highest BCUT2D eigenvalue weighted by Gasteiger charge is 2.15. The van der Waals surface area contributed by atoms with E-state index in [9.17, 15) is 13.2 Å². The summed E-state index contributed by atoms with van der Waals surface area (Å²) in [7, 11) is -3.44. The Labute approximate surface area is 155 Å². The van der Waals surface area contributed by atoms with Gasteiger partial charge in [-0.3, -0.25) is 14.8 Å². The summed E-state index contributed by atoms with van der Waals surface area (Å²) < 4.78 is 24.6. The molecule has 2 N–H and O–H groups in total. The number of sulfonamides is 1. The highest BCUT2D eigenvalue weighted by atomic mass is 32.2. The molecule has 2 aromatic carbocycles. The molecule has 0 bridgehead atoms. The average Bonchev–Trinajstić information content (AvgIpc) is 3.01. The third-order valence-corrected chi connectivity index (χ3v) is 4.87. The lowest BCUT2D eigenvalue weighted by molar-refractivity contribution is 0.102. The van der Waals surface area contributed by atoms with Crippen LogP contribution in [0.25, 0.3) is 0 Å². The lowest BCUT2D eigenvalue weighted by Gasteiger charge is -2.09. The van der Waals surface area contributed by atoms with E-state index in [2.05, 4.69) is 20.2 Å². The molecule has 0 radical (unpaired) electrons. The molecule has 1 amide bonds. The first kappa shape index (κ1) is 18.0. The molecule has 134 valence electrons. The minimum Gasteiger partial charge on any atom is -0.296 e. The zero-order chi connectivity index (χ0) is 18.6. The zero-order valence-electron chi connectivity index (χ0n) is 13.8. The van der Waals surface area contributed by atoms with Crippen molar-refractivity contribution in [2.24, 2.45) is 0 Å². The molecule has 0 fully saturated rings. The van der Waals surface area contributed by atoms with Crippen molar-refractivity contribution < 1.29 is 13.2 Å². The molecule has 0 aliphatic carbocycles. The number of nitrogens with one attached hydrogen (secondary N) is 2. The SMILES string of the molecule is CS(=O)(=O)Nc1nnc(NC(=O)c2ccccc2Cc2ccccc2)s1. The van der Waals surface area contributed by atoms with Gasteiger partial charge in [-0.2, -0.15) is 0 Å². The van der Waals surface area contributed by atoms with Crippen LogP contribution in [0.4, 0.5) is 10.3 Å². The molecular formula is C17H16N4O3S2. The molecule has 0 unspecified atom stereocenters. The molecule has 26 heavy (non-hydrogen) atoms. The number of rotatable bonds is 6. The second-order valence-electron chi connectivity index (χ2n) is 5.56. The smallest absolute Gasteiger partial charge is 0.257 e. The molecule has 0 aliphatic rings. The Hall–Kier alpha value is -2.78. The van der Waals surface area contributed by atoms with Gasteiger partial charge in [0.05, 0.1) is 6.26 Å². The van der Waals surface area contributed by atoms with E-state index < -0.39 is 10.0 Å². The van der Waals surface area contributed by atoms with Gasteiger partial charge < -0.3 is 0 Å². The van der Waals surface area contributed by atoms with E-state index in [1.54, 1.807) is 12.1 Å². The van der Waals surface area contributed by atoms with Crippen LogP contribution < -0.4 is 10.0 Å². The van der Waals surface area contributed by atoms with E-state index in [4.69, 9.17) is 0 Å². The Morgan fingerprint density at radius 1 is 1.00 bits per heavy atom. The van der Waals surface area contributed by atoms with Crippen molar-refractivity contribution in [3.05, 3.63) is 71.3 Å². The van der Waals surface area contributed by atoms with Crippen LogP contribution in [0.3, 0.4) is 0 Å². The summed E-state index contributed by atoms with van der Waals surface area (Å²) in [4.78, 5) is 12.6. The third-order valence-electron chi connectivity index (χ3n) is 3.42. The highest BCUT2D eigenvalue weighted by Crippen LogP contribution is 2.22. The molecule has 9 heteroatoms. The van der Waals surface area contributed by atoms with Gasteiger partial charge in [-0.1, -0.05) is 59.9 Å². The maximum Gasteiger partial charge on any atom is 0.257 e. The standard InChI is InChI=1S/C17H16N4O3S2/c1-26(23,24)21-17-20-19-16(25-17)18-15(22)14-10-6-5-9-13(14)11-12-7-3-2-4-8-12/h2-10H,11H2,1H3,(H,20,21)(H,18,19,22). The summed E-state index contributed by atoms with van der Waals surface area (Å²) in [6.45, 7) is 0. The number of anilines is 2. The predicted octanol–water partition coefficient (Wildman–Crippen LogP) is 2.75. The maximum absolute atomic E-state index is 12.6. The van der Waals surface area contributed by atoms with Crippen molar-refractivity contribution >= 4 is 37.5 Å². The second-order valence-corrected chi connectivity index (χ2v) is 8.29. The Balaban J connectivity index is 1.76. The van der Waals surface area contributed by atoms with Crippen molar-refractivity contribution in [3.8, 4) is 0 Å². The van der Waals surface area contributed by atoms with Gasteiger partial charge in [0, 0.05) is 5.56 Å². The molecule has 1 heterocycles. The number of nitrogens with zero attached hydrogens (tertiary/aromatic N) is 2. The van der Waals surface area contributed by atoms with Crippen molar-refractivity contribution in [2.45, 2.75) is 6.42 Å². The average molecular weight is 388 g/mol. The van der Waals surface area contributed by atoms with Crippen LogP contribution in [0.15, 0.2) is 54.6 Å². The number of carbonyl (C=O) groups excluding carboxylic acids is 1. The first-order valence-electron chi connectivity index (χ1n) is 7.65. The summed E-state index contributed by atoms with van der Waals surface area (Å²) in [6, 6.07) is 17.2. The van der Waals surface area contributed by atoms with Crippen LogP contribution in [-0.2, 0) is 16.4 Å². The van der Waals surface area contributed by atoms with Gasteiger partial charge >= 0.3 is 0 Å². The molecule has 0 saturated heterocycles. The molecule has 3 aromatic rings. The van der Waals surface area contributed by atoms with E-state index in [0.717, 1.165) is 28.7 Å². The van der Waals surface area contributed by atoms with Gasteiger partial charge in [-0.05, 0) is 23.6 Å². The first-order chi connectivity index (χ1) is 12.4. The fourth-order valence-corrected chi connectivity index (χ4v) is 3.82. The number of benzene rings is 2. The molecule has 1 aromatic heterocycles. The van der Waals surface area contributed by atoms with E-state index in [-0.39, 0.29) is 16.2 Å². The van der Waals surface area contributed by atoms with Crippen molar-refractivity contribution in [1.29, 1.82) is 0 Å². The second kappa shape index (κ2) is 7.63. The van der Waals surface area contributed by atoms with Crippen LogP contribution in [0.1, 0.15) is 21.5 Å². The molecule has 7 nitrogen and oxygen atoms in total. The zero-order valence-corrected chi connectivity index (χ0v) is 15.5. The number of hydrogen-bond donors (Lipinski definition) is 2. The summed E-state index contributed by atoms with van der Waals surface area (Å²) in [6.07, 6.45) is 1.65. The van der Waals surface area contributed by atoms with E-state index in [0.29, 0.717) is 12.0 Å². The van der Waals surface area contributed by atoms with E-state index in [1.165, 1.54) is 0 Å². The van der Waals surface area contributed by atoms with Gasteiger partial charge in [0.1, 0.15) is 0 Å². The van der Waals surface area contributed by atoms with Crippen molar-refractivity contribution in [2.75, 3.05) is 16.3 Å². The topological polar surface area (TPSA) is 101 Å². The van der Waals surface area contributed by atoms with Gasteiger partial charge in [-0.15, -0.1) is 10.2 Å². The van der Waals surface area contributed by atoms with Crippen LogP contribution in [0, 0.1) is 0 Å². The minimum absolute atomic E-state index is 0.0976. The highest BCUT2D eigenvalue weighted by molar-refractivity contribution is 7.92. The lowest BCUT2D eigenvalue weighted by Crippen LogP contribution is -2.14. The lowest BCUT2D eigenvalue weighted by atomic mass is 9.99. The van der Waals surface area contributed by atoms with Crippen molar-refractivity contribution in [1.82, 2.24) is 10.2 Å². The fourth-order valence-electron chi connectivity index (χ4n) is 2.35. The number of carbonyl (C=O) groups is 1. The minimum atomic E-state index is -3.44. The van der Waals surface area contributed by atoms with Gasteiger partial charge in [0.15, 0.2) is 0 Å². The molecule has 3 rings (SSSR count). The van der Waals surface area contributed by atoms with Gasteiger partial charge in [0.2, 0.25) is 20.3 Å². The molecule has 0 spiro atoms. The molecule has 0 aliphatic heterocycles. The van der Waals surface area contributed by atoms with Gasteiger partial charge in [-0.25, -0.2) is 8.42 Å². The van der Waals surface area contributed by atoms with Crippen LogP contribution in [-0.4, -0.2) is 30.8 Å². The van der Waals surface area contributed by atoms with Crippen LogP contribution >= 0.6 is 11.3 Å². The molecular weight excluding hydrogens is 372 g/mol. The third kappa shape index (κ3) is 4.87. The molecule has 0 saturated carbocycles.